The van der Waals surface area contributed by atoms with Crippen LogP contribution < -0.4 is 5.56 Å². The van der Waals surface area contributed by atoms with Gasteiger partial charge in [-0.05, 0) is 18.2 Å². The van der Waals surface area contributed by atoms with Crippen LogP contribution in [-0.4, -0.2) is 16.0 Å². The van der Waals surface area contributed by atoms with Gasteiger partial charge >= 0.3 is 0 Å². The lowest BCUT2D eigenvalue weighted by Crippen LogP contribution is -2.11. The summed E-state index contributed by atoms with van der Waals surface area (Å²) in [5.41, 5.74) is 0.906. The highest BCUT2D eigenvalue weighted by Gasteiger charge is 2.07. The number of nitrogens with zero attached hydrogens (tertiary/aromatic N) is 1. The second kappa shape index (κ2) is 5.05. The third-order valence-corrected chi connectivity index (χ3v) is 2.77. The fourth-order valence-electron chi connectivity index (χ4n) is 1.37. The van der Waals surface area contributed by atoms with Crippen LogP contribution >= 0.6 is 15.9 Å². The Morgan fingerprint density at radius 1 is 1.18 bits per heavy atom. The van der Waals surface area contributed by atoms with Gasteiger partial charge < -0.3 is 0 Å². The lowest BCUT2D eigenvalue weighted by Gasteiger charge is -2.00. The number of hydrogen-bond donors (Lipinski definition) is 1. The van der Waals surface area contributed by atoms with E-state index in [2.05, 4.69) is 26.1 Å². The number of H-pyrrole nitrogens is 1. The summed E-state index contributed by atoms with van der Waals surface area (Å²) in [6.45, 7) is 0. The van der Waals surface area contributed by atoms with Gasteiger partial charge in [-0.1, -0.05) is 28.1 Å². The van der Waals surface area contributed by atoms with E-state index >= 15 is 0 Å². The molecule has 17 heavy (non-hydrogen) atoms. The van der Waals surface area contributed by atoms with Crippen molar-refractivity contribution in [3.05, 3.63) is 62.5 Å². The van der Waals surface area contributed by atoms with Crippen molar-refractivity contribution in [3.8, 4) is 0 Å². The number of ketones is 1. The fourth-order valence-corrected chi connectivity index (χ4v) is 1.64. The summed E-state index contributed by atoms with van der Waals surface area (Å²) < 4.78 is 0.927. The molecule has 0 aliphatic rings. The molecule has 2 rings (SSSR count). The highest BCUT2D eigenvalue weighted by atomic mass is 79.9. The van der Waals surface area contributed by atoms with Gasteiger partial charge in [0.25, 0.3) is 5.56 Å². The summed E-state index contributed by atoms with van der Waals surface area (Å²) in [5.74, 6) is -0.0305. The summed E-state index contributed by atoms with van der Waals surface area (Å²) in [7, 11) is 0. The van der Waals surface area contributed by atoms with Crippen molar-refractivity contribution in [3.63, 3.8) is 0 Å². The number of benzene rings is 1. The third-order valence-electron chi connectivity index (χ3n) is 2.24. The van der Waals surface area contributed by atoms with Crippen molar-refractivity contribution >= 4 is 21.7 Å². The van der Waals surface area contributed by atoms with Gasteiger partial charge in [0.15, 0.2) is 5.78 Å². The summed E-state index contributed by atoms with van der Waals surface area (Å²) in [6, 6.07) is 10.0. The Balaban J connectivity index is 2.14. The monoisotopic (exact) mass is 292 g/mol. The molecule has 0 aliphatic carbocycles. The first kappa shape index (κ1) is 11.7. The van der Waals surface area contributed by atoms with E-state index in [-0.39, 0.29) is 17.8 Å². The second-order valence-corrected chi connectivity index (χ2v) is 4.44. The molecule has 0 unspecified atom stereocenters. The van der Waals surface area contributed by atoms with Crippen molar-refractivity contribution < 1.29 is 4.79 Å². The van der Waals surface area contributed by atoms with Gasteiger partial charge in [-0.3, -0.25) is 9.59 Å². The van der Waals surface area contributed by atoms with Crippen LogP contribution in [0.1, 0.15) is 16.1 Å². The third kappa shape index (κ3) is 3.10. The molecule has 0 aliphatic heterocycles. The first-order chi connectivity index (χ1) is 8.15. The number of rotatable bonds is 3. The number of Topliss-reactive ketones (excluding diaryl/α,β-unsaturated/α-hetero) is 1. The van der Waals surface area contributed by atoms with E-state index < -0.39 is 0 Å². The number of nitrogens with one attached hydrogen (secondary N) is 1. The molecule has 1 heterocycles. The van der Waals surface area contributed by atoms with Gasteiger partial charge in [-0.25, -0.2) is 5.10 Å². The molecule has 0 amide bonds. The summed E-state index contributed by atoms with van der Waals surface area (Å²) in [6.07, 6.45) is 0.179. The number of aromatic nitrogens is 2. The van der Waals surface area contributed by atoms with Crippen LogP contribution in [0.2, 0.25) is 0 Å². The van der Waals surface area contributed by atoms with Gasteiger partial charge in [0.05, 0.1) is 12.1 Å². The minimum Gasteiger partial charge on any atom is -0.294 e. The molecular weight excluding hydrogens is 284 g/mol. The molecule has 86 valence electrons. The van der Waals surface area contributed by atoms with Crippen LogP contribution in [0.25, 0.3) is 0 Å². The normalized spacial score (nSPS) is 10.2. The lowest BCUT2D eigenvalue weighted by atomic mass is 10.1. The highest BCUT2D eigenvalue weighted by molar-refractivity contribution is 9.10. The molecule has 5 heteroatoms. The average Bonchev–Trinajstić information content (AvgIpc) is 2.33. The Hall–Kier alpha value is -1.75. The summed E-state index contributed by atoms with van der Waals surface area (Å²) >= 11 is 3.31. The standard InChI is InChI=1S/C12H9BrN2O2/c13-9-3-1-8(2-4-9)11(16)7-10-5-6-12(17)15-14-10/h1-6H,7H2,(H,15,17). The van der Waals surface area contributed by atoms with E-state index in [1.165, 1.54) is 6.07 Å². The highest BCUT2D eigenvalue weighted by Crippen LogP contribution is 2.12. The zero-order valence-electron chi connectivity index (χ0n) is 8.81. The molecule has 1 aromatic heterocycles. The van der Waals surface area contributed by atoms with Crippen molar-refractivity contribution in [1.82, 2.24) is 10.2 Å². The van der Waals surface area contributed by atoms with E-state index in [1.54, 1.807) is 18.2 Å². The molecule has 1 N–H and O–H groups in total. The first-order valence-corrected chi connectivity index (χ1v) is 5.78. The van der Waals surface area contributed by atoms with Crippen LogP contribution in [-0.2, 0) is 6.42 Å². The van der Waals surface area contributed by atoms with Crippen molar-refractivity contribution in [1.29, 1.82) is 0 Å². The van der Waals surface area contributed by atoms with Crippen LogP contribution in [0.3, 0.4) is 0 Å². The second-order valence-electron chi connectivity index (χ2n) is 3.52. The van der Waals surface area contributed by atoms with Crippen LogP contribution in [0.5, 0.6) is 0 Å². The maximum atomic E-state index is 11.9. The molecule has 0 atom stereocenters. The molecule has 0 saturated carbocycles. The molecule has 0 fully saturated rings. The largest absolute Gasteiger partial charge is 0.294 e. The molecular formula is C12H9BrN2O2. The van der Waals surface area contributed by atoms with Crippen LogP contribution in [0, 0.1) is 0 Å². The molecule has 0 radical (unpaired) electrons. The van der Waals surface area contributed by atoms with Gasteiger partial charge in [-0.15, -0.1) is 0 Å². The number of carbonyl (C=O) groups is 1. The lowest BCUT2D eigenvalue weighted by molar-refractivity contribution is 0.0991. The molecule has 0 spiro atoms. The molecule has 0 bridgehead atoms. The van der Waals surface area contributed by atoms with E-state index in [1.807, 2.05) is 12.1 Å². The van der Waals surface area contributed by atoms with Crippen LogP contribution in [0.15, 0.2) is 45.7 Å². The zero-order chi connectivity index (χ0) is 12.3. The molecule has 0 saturated heterocycles. The maximum Gasteiger partial charge on any atom is 0.264 e. The van der Waals surface area contributed by atoms with E-state index in [0.29, 0.717) is 11.3 Å². The van der Waals surface area contributed by atoms with Gasteiger partial charge in [-0.2, -0.15) is 5.10 Å². The van der Waals surface area contributed by atoms with E-state index in [4.69, 9.17) is 0 Å². The number of hydrogen-bond acceptors (Lipinski definition) is 3. The Bertz CT molecular complexity index is 570. The maximum absolute atomic E-state index is 11.9. The summed E-state index contributed by atoms with van der Waals surface area (Å²) in [5, 5.41) is 6.09. The van der Waals surface area contributed by atoms with Gasteiger partial charge in [0.1, 0.15) is 0 Å². The zero-order valence-corrected chi connectivity index (χ0v) is 10.4. The van der Waals surface area contributed by atoms with E-state index in [9.17, 15) is 9.59 Å². The van der Waals surface area contributed by atoms with Crippen LogP contribution in [0.4, 0.5) is 0 Å². The van der Waals surface area contributed by atoms with Crippen molar-refractivity contribution in [2.45, 2.75) is 6.42 Å². The molecule has 1 aromatic carbocycles. The molecule has 2 aromatic rings. The minimum atomic E-state index is -0.273. The first-order valence-electron chi connectivity index (χ1n) is 4.98. The Labute approximate surface area is 106 Å². The Morgan fingerprint density at radius 3 is 2.47 bits per heavy atom. The number of halogens is 1. The summed E-state index contributed by atoms with van der Waals surface area (Å²) in [4.78, 5) is 22.7. The predicted octanol–water partition coefficient (Wildman–Crippen LogP) is 1.96. The predicted molar refractivity (Wildman–Crippen MR) is 67.0 cm³/mol. The smallest absolute Gasteiger partial charge is 0.264 e. The topological polar surface area (TPSA) is 62.8 Å². The fraction of sp³-hybridized carbons (Fsp3) is 0.0833. The minimum absolute atomic E-state index is 0.0305. The average molecular weight is 293 g/mol. The Kier molecular flexibility index (Phi) is 3.49. The Morgan fingerprint density at radius 2 is 1.88 bits per heavy atom. The van der Waals surface area contributed by atoms with Gasteiger partial charge in [0.2, 0.25) is 0 Å². The van der Waals surface area contributed by atoms with Crippen molar-refractivity contribution in [2.24, 2.45) is 0 Å². The van der Waals surface area contributed by atoms with Gasteiger partial charge in [0, 0.05) is 16.1 Å². The van der Waals surface area contributed by atoms with E-state index in [0.717, 1.165) is 4.47 Å². The molecule has 4 nitrogen and oxygen atoms in total. The van der Waals surface area contributed by atoms with Crippen molar-refractivity contribution in [2.75, 3.05) is 0 Å². The quantitative estimate of drug-likeness (QED) is 0.880. The number of carbonyl (C=O) groups excluding carboxylic acids is 1. The SMILES string of the molecule is O=C(Cc1ccc(=O)[nH]n1)c1ccc(Br)cc1. The number of aromatic amines is 1.